The van der Waals surface area contributed by atoms with Gasteiger partial charge in [-0.25, -0.2) is 0 Å². The third-order valence-corrected chi connectivity index (χ3v) is 2.93. The van der Waals surface area contributed by atoms with Gasteiger partial charge in [-0.3, -0.25) is 14.7 Å². The Morgan fingerprint density at radius 3 is 2.71 bits per heavy atom. The Bertz CT molecular complexity index is 666. The standard InChI is InChI=1S/C13H16N6O2/c1-8(20)19(2)7-9-5-3-4-6-10(9)15-12(21)11-16-13(14)18-17-11/h3-6H,7H2,1-2H3,(H,15,21)(H3,14,16,17,18). The van der Waals surface area contributed by atoms with Gasteiger partial charge in [0.1, 0.15) is 0 Å². The van der Waals surface area contributed by atoms with Crippen molar-refractivity contribution < 1.29 is 9.59 Å². The van der Waals surface area contributed by atoms with Crippen molar-refractivity contribution in [2.24, 2.45) is 0 Å². The van der Waals surface area contributed by atoms with Crippen LogP contribution in [0.1, 0.15) is 23.1 Å². The van der Waals surface area contributed by atoms with Crippen molar-refractivity contribution in [3.05, 3.63) is 35.7 Å². The summed E-state index contributed by atoms with van der Waals surface area (Å²) in [6.07, 6.45) is 0. The summed E-state index contributed by atoms with van der Waals surface area (Å²) in [5, 5.41) is 8.76. The van der Waals surface area contributed by atoms with Crippen molar-refractivity contribution >= 4 is 23.5 Å². The summed E-state index contributed by atoms with van der Waals surface area (Å²) in [6.45, 7) is 1.88. The van der Waals surface area contributed by atoms with Gasteiger partial charge in [0.25, 0.3) is 5.91 Å². The minimum atomic E-state index is -0.447. The second kappa shape index (κ2) is 6.04. The van der Waals surface area contributed by atoms with E-state index in [2.05, 4.69) is 20.5 Å². The largest absolute Gasteiger partial charge is 0.366 e. The Balaban J connectivity index is 2.16. The molecule has 1 aromatic heterocycles. The van der Waals surface area contributed by atoms with Gasteiger partial charge >= 0.3 is 0 Å². The molecule has 0 fully saturated rings. The van der Waals surface area contributed by atoms with Gasteiger partial charge in [0.15, 0.2) is 0 Å². The van der Waals surface area contributed by atoms with Gasteiger partial charge in [-0.1, -0.05) is 18.2 Å². The molecule has 8 nitrogen and oxygen atoms in total. The molecule has 2 aromatic rings. The lowest BCUT2D eigenvalue weighted by Crippen LogP contribution is -2.24. The van der Waals surface area contributed by atoms with Gasteiger partial charge in [0, 0.05) is 26.2 Å². The summed E-state index contributed by atoms with van der Waals surface area (Å²) < 4.78 is 0. The van der Waals surface area contributed by atoms with Crippen molar-refractivity contribution in [3.8, 4) is 0 Å². The minimum Gasteiger partial charge on any atom is -0.366 e. The maximum atomic E-state index is 12.0. The SMILES string of the molecule is CC(=O)N(C)Cc1ccccc1NC(=O)c1nc(N)n[nH]1. The van der Waals surface area contributed by atoms with Crippen LogP contribution < -0.4 is 11.1 Å². The van der Waals surface area contributed by atoms with Crippen LogP contribution in [0.3, 0.4) is 0 Å². The molecule has 0 radical (unpaired) electrons. The highest BCUT2D eigenvalue weighted by Crippen LogP contribution is 2.17. The number of anilines is 2. The number of aromatic amines is 1. The van der Waals surface area contributed by atoms with E-state index in [1.54, 1.807) is 24.1 Å². The normalized spacial score (nSPS) is 10.2. The molecule has 2 amide bonds. The van der Waals surface area contributed by atoms with E-state index < -0.39 is 5.91 Å². The van der Waals surface area contributed by atoms with Crippen molar-refractivity contribution in [1.29, 1.82) is 0 Å². The first-order chi connectivity index (χ1) is 9.97. The van der Waals surface area contributed by atoms with Gasteiger partial charge in [-0.15, -0.1) is 5.10 Å². The van der Waals surface area contributed by atoms with Gasteiger partial charge < -0.3 is 16.0 Å². The topological polar surface area (TPSA) is 117 Å². The molecule has 0 unspecified atom stereocenters. The highest BCUT2D eigenvalue weighted by molar-refractivity contribution is 6.02. The average molecular weight is 288 g/mol. The third kappa shape index (κ3) is 3.56. The number of para-hydroxylation sites is 1. The fraction of sp³-hybridized carbons (Fsp3) is 0.231. The highest BCUT2D eigenvalue weighted by atomic mass is 16.2. The number of hydrogen-bond donors (Lipinski definition) is 3. The maximum absolute atomic E-state index is 12.0. The van der Waals surface area contributed by atoms with Crippen molar-refractivity contribution in [2.75, 3.05) is 18.1 Å². The van der Waals surface area contributed by atoms with Crippen LogP contribution in [0.4, 0.5) is 11.6 Å². The number of carbonyl (C=O) groups is 2. The summed E-state index contributed by atoms with van der Waals surface area (Å²) in [6, 6.07) is 7.22. The quantitative estimate of drug-likeness (QED) is 0.762. The lowest BCUT2D eigenvalue weighted by molar-refractivity contribution is -0.128. The molecule has 1 heterocycles. The number of nitrogens with one attached hydrogen (secondary N) is 2. The molecular weight excluding hydrogens is 272 g/mol. The van der Waals surface area contributed by atoms with E-state index in [9.17, 15) is 9.59 Å². The molecule has 0 atom stereocenters. The Morgan fingerprint density at radius 1 is 1.38 bits per heavy atom. The zero-order chi connectivity index (χ0) is 15.4. The highest BCUT2D eigenvalue weighted by Gasteiger charge is 2.14. The summed E-state index contributed by atoms with van der Waals surface area (Å²) in [4.78, 5) is 28.6. The lowest BCUT2D eigenvalue weighted by Gasteiger charge is -2.17. The van der Waals surface area contributed by atoms with Gasteiger partial charge in [-0.2, -0.15) is 4.98 Å². The molecule has 0 saturated heterocycles. The monoisotopic (exact) mass is 288 g/mol. The van der Waals surface area contributed by atoms with Crippen LogP contribution in [-0.2, 0) is 11.3 Å². The van der Waals surface area contributed by atoms with Crippen LogP contribution in [-0.4, -0.2) is 38.9 Å². The van der Waals surface area contributed by atoms with E-state index >= 15 is 0 Å². The zero-order valence-electron chi connectivity index (χ0n) is 11.8. The number of amides is 2. The van der Waals surface area contributed by atoms with Gasteiger partial charge in [0.2, 0.25) is 17.7 Å². The van der Waals surface area contributed by atoms with E-state index in [0.717, 1.165) is 5.56 Å². The van der Waals surface area contributed by atoms with Crippen LogP contribution >= 0.6 is 0 Å². The first-order valence-electron chi connectivity index (χ1n) is 6.26. The molecule has 1 aromatic carbocycles. The first-order valence-corrected chi connectivity index (χ1v) is 6.26. The van der Waals surface area contributed by atoms with Crippen LogP contribution in [0.5, 0.6) is 0 Å². The predicted octanol–water partition coefficient (Wildman–Crippen LogP) is 0.617. The fourth-order valence-electron chi connectivity index (χ4n) is 1.70. The molecule has 0 saturated carbocycles. The maximum Gasteiger partial charge on any atom is 0.293 e. The number of carbonyl (C=O) groups excluding carboxylic acids is 2. The van der Waals surface area contributed by atoms with E-state index in [4.69, 9.17) is 5.73 Å². The van der Waals surface area contributed by atoms with Crippen molar-refractivity contribution in [1.82, 2.24) is 20.1 Å². The molecule has 4 N–H and O–H groups in total. The average Bonchev–Trinajstić information content (AvgIpc) is 2.87. The number of nitrogen functional groups attached to an aromatic ring is 1. The summed E-state index contributed by atoms with van der Waals surface area (Å²) >= 11 is 0. The van der Waals surface area contributed by atoms with E-state index in [1.165, 1.54) is 6.92 Å². The van der Waals surface area contributed by atoms with E-state index in [0.29, 0.717) is 12.2 Å². The molecule has 0 aliphatic carbocycles. The number of hydrogen-bond acceptors (Lipinski definition) is 5. The molecule has 0 spiro atoms. The smallest absolute Gasteiger partial charge is 0.293 e. The van der Waals surface area contributed by atoms with E-state index in [1.807, 2.05) is 12.1 Å². The van der Waals surface area contributed by atoms with Crippen LogP contribution in [0.2, 0.25) is 0 Å². The second-order valence-corrected chi connectivity index (χ2v) is 4.53. The summed E-state index contributed by atoms with van der Waals surface area (Å²) in [5.41, 5.74) is 6.78. The molecule has 0 aliphatic heterocycles. The molecule has 8 heteroatoms. The molecule has 21 heavy (non-hydrogen) atoms. The minimum absolute atomic E-state index is 0.00440. The Labute approximate surface area is 121 Å². The van der Waals surface area contributed by atoms with E-state index in [-0.39, 0.29) is 17.7 Å². The molecule has 2 rings (SSSR count). The number of benzene rings is 1. The van der Waals surface area contributed by atoms with Crippen molar-refractivity contribution in [2.45, 2.75) is 13.5 Å². The fourth-order valence-corrected chi connectivity index (χ4v) is 1.70. The molecule has 0 aliphatic rings. The number of H-pyrrole nitrogens is 1. The summed E-state index contributed by atoms with van der Waals surface area (Å²) in [7, 11) is 1.69. The third-order valence-electron chi connectivity index (χ3n) is 2.93. The first kappa shape index (κ1) is 14.5. The Morgan fingerprint density at radius 2 is 2.10 bits per heavy atom. The van der Waals surface area contributed by atoms with Gasteiger partial charge in [-0.05, 0) is 11.6 Å². The Hall–Kier alpha value is -2.90. The molecule has 110 valence electrons. The lowest BCUT2D eigenvalue weighted by atomic mass is 10.1. The molecular formula is C13H16N6O2. The zero-order valence-corrected chi connectivity index (χ0v) is 11.8. The van der Waals surface area contributed by atoms with Crippen LogP contribution in [0, 0.1) is 0 Å². The number of rotatable bonds is 4. The molecule has 0 bridgehead atoms. The Kier molecular flexibility index (Phi) is 4.17. The second-order valence-electron chi connectivity index (χ2n) is 4.53. The number of aromatic nitrogens is 3. The predicted molar refractivity (Wildman–Crippen MR) is 77.3 cm³/mol. The van der Waals surface area contributed by atoms with Crippen LogP contribution in [0.25, 0.3) is 0 Å². The van der Waals surface area contributed by atoms with Gasteiger partial charge in [0.05, 0.1) is 0 Å². The van der Waals surface area contributed by atoms with Crippen molar-refractivity contribution in [3.63, 3.8) is 0 Å². The number of nitrogens with zero attached hydrogens (tertiary/aromatic N) is 3. The van der Waals surface area contributed by atoms with Crippen LogP contribution in [0.15, 0.2) is 24.3 Å². The number of nitrogens with two attached hydrogens (primary N) is 1. The summed E-state index contributed by atoms with van der Waals surface area (Å²) in [5.74, 6) is -0.469.